The maximum Gasteiger partial charge on any atom is 0.573 e. The van der Waals surface area contributed by atoms with E-state index < -0.39 is 38.8 Å². The summed E-state index contributed by atoms with van der Waals surface area (Å²) in [4.78, 5) is 54.4. The highest BCUT2D eigenvalue weighted by Crippen LogP contribution is 2.28. The van der Waals surface area contributed by atoms with Crippen LogP contribution in [0.2, 0.25) is 0 Å². The number of hydrazone groups is 2. The smallest absolute Gasteiger partial charge is 0.406 e. The number of benzene rings is 8. The number of nitrogens with one attached hydrogen (secondary N) is 3. The summed E-state index contributed by atoms with van der Waals surface area (Å²) < 4.78 is 120. The van der Waals surface area contributed by atoms with Crippen LogP contribution in [0.25, 0.3) is 17.1 Å². The molecule has 0 spiro atoms. The van der Waals surface area contributed by atoms with Crippen LogP contribution < -0.4 is 42.1 Å². The molecular weight excluding hydrogens is 1380 g/mol. The number of nitrogens with two attached hydrogens (primary N) is 2. The van der Waals surface area contributed by atoms with Crippen molar-refractivity contribution in [1.82, 2.24) is 14.8 Å². The van der Waals surface area contributed by atoms with Crippen molar-refractivity contribution < 1.29 is 83.3 Å². The maximum atomic E-state index is 12.0. The number of carbonyl (C=O) groups excluding carboxylic acids is 1. The van der Waals surface area contributed by atoms with Crippen LogP contribution >= 0.6 is 11.6 Å². The lowest BCUT2D eigenvalue weighted by atomic mass is 10.2. The maximum absolute atomic E-state index is 12.0. The zero-order chi connectivity index (χ0) is 74.8. The van der Waals surface area contributed by atoms with Crippen molar-refractivity contribution in [2.45, 2.75) is 67.2 Å². The van der Waals surface area contributed by atoms with Gasteiger partial charge in [0, 0.05) is 77.0 Å². The van der Waals surface area contributed by atoms with Crippen molar-refractivity contribution >= 4 is 69.1 Å². The van der Waals surface area contributed by atoms with Gasteiger partial charge >= 0.3 is 19.1 Å². The number of aryl methyl sites for hydroxylation is 2. The molecule has 1 aromatic heterocycles. The molecule has 0 unspecified atom stereocenters. The van der Waals surface area contributed by atoms with E-state index in [0.717, 1.165) is 47.9 Å². The van der Waals surface area contributed by atoms with Crippen molar-refractivity contribution in [2.75, 3.05) is 22.8 Å². The van der Waals surface area contributed by atoms with Gasteiger partial charge in [-0.15, -0.1) is 44.6 Å². The first-order valence-corrected chi connectivity index (χ1v) is 28.5. The normalized spacial score (nSPS) is 10.7. The summed E-state index contributed by atoms with van der Waals surface area (Å²) in [5, 5.41) is 62.2. The molecule has 0 saturated heterocycles. The number of aldehydes is 1. The lowest BCUT2D eigenvalue weighted by molar-refractivity contribution is -0.385. The van der Waals surface area contributed by atoms with E-state index in [1.54, 1.807) is 30.7 Å². The zero-order valence-electron chi connectivity index (χ0n) is 52.7. The molecule has 0 aliphatic carbocycles. The van der Waals surface area contributed by atoms with Crippen molar-refractivity contribution in [1.29, 1.82) is 0 Å². The number of nitrogen functional groups attached to an aromatic ring is 1. The number of aliphatic hydroxyl groups is 1. The number of anilines is 3. The van der Waals surface area contributed by atoms with E-state index in [1.807, 2.05) is 45.0 Å². The van der Waals surface area contributed by atoms with Crippen LogP contribution in [-0.2, 0) is 0 Å². The van der Waals surface area contributed by atoms with Crippen LogP contribution in [0.4, 0.5) is 79.3 Å². The van der Waals surface area contributed by atoms with E-state index in [4.69, 9.17) is 28.3 Å². The number of alkyl halides is 9. The predicted molar refractivity (Wildman–Crippen MR) is 361 cm³/mol. The highest BCUT2D eigenvalue weighted by Gasteiger charge is 2.32. The summed E-state index contributed by atoms with van der Waals surface area (Å²) in [6.45, 7) is 10.0. The third-order valence-corrected chi connectivity index (χ3v) is 11.5. The van der Waals surface area contributed by atoms with Crippen molar-refractivity contribution in [3.05, 3.63) is 263 Å². The van der Waals surface area contributed by atoms with E-state index in [1.165, 1.54) is 145 Å². The minimum absolute atomic E-state index is 0. The Balaban J connectivity index is 0.000000428. The van der Waals surface area contributed by atoms with Crippen LogP contribution in [0.1, 0.15) is 61.1 Å². The van der Waals surface area contributed by atoms with Crippen LogP contribution in [0.5, 0.6) is 17.2 Å². The van der Waals surface area contributed by atoms with Gasteiger partial charge in [-0.25, -0.2) is 9.67 Å². The Morgan fingerprint density at radius 3 is 1.26 bits per heavy atom. The van der Waals surface area contributed by atoms with Gasteiger partial charge in [-0.3, -0.25) is 61.9 Å². The number of rotatable bonds is 17. The quantitative estimate of drug-likeness (QED) is 0.0123. The molecule has 0 aliphatic rings. The minimum Gasteiger partial charge on any atom is -0.406 e. The first-order valence-electron chi connectivity index (χ1n) is 28.2. The number of hydrazine groups is 1. The molecule has 9 aromatic rings. The van der Waals surface area contributed by atoms with Gasteiger partial charge in [-0.05, 0) is 173 Å². The molecule has 0 saturated carbocycles. The first kappa shape index (κ1) is 84.9. The predicted octanol–water partition coefficient (Wildman–Crippen LogP) is 16.2. The van der Waals surface area contributed by atoms with Gasteiger partial charge in [0.2, 0.25) is 0 Å². The van der Waals surface area contributed by atoms with Crippen molar-refractivity contribution in [3.63, 3.8) is 0 Å². The summed E-state index contributed by atoms with van der Waals surface area (Å²) in [5.41, 5.74) is 17.9. The molecule has 0 amide bonds. The van der Waals surface area contributed by atoms with E-state index in [-0.39, 0.29) is 58.7 Å². The lowest BCUT2D eigenvalue weighted by Gasteiger charge is -2.09. The summed E-state index contributed by atoms with van der Waals surface area (Å²) in [6, 6.07) is 45.7. The van der Waals surface area contributed by atoms with Crippen LogP contribution in [-0.4, -0.2) is 89.0 Å². The Morgan fingerprint density at radius 2 is 0.911 bits per heavy atom. The molecule has 0 bridgehead atoms. The molecule has 0 aliphatic heterocycles. The van der Waals surface area contributed by atoms with Crippen LogP contribution in [0.3, 0.4) is 0 Å². The fraction of sp³-hybridized carbons (Fsp3) is 0.172. The Kier molecular flexibility index (Phi) is 35.2. The van der Waals surface area contributed by atoms with E-state index in [9.17, 15) is 84.8 Å². The second-order valence-corrected chi connectivity index (χ2v) is 19.8. The minimum atomic E-state index is -4.76. The van der Waals surface area contributed by atoms with E-state index in [2.05, 4.69) is 50.8 Å². The molecule has 538 valence electrons. The molecule has 101 heavy (non-hydrogen) atoms. The monoisotopic (exact) mass is 1440 g/mol. The fourth-order valence-electron chi connectivity index (χ4n) is 6.83. The first-order chi connectivity index (χ1) is 47.0. The average molecular weight is 1440 g/mol. The molecular formula is C64H64ClF9N14O13. The molecule has 27 nitrogen and oxygen atoms in total. The molecule has 0 radical (unpaired) electrons. The number of hydrogen-bond donors (Lipinski definition) is 6. The molecule has 8 N–H and O–H groups in total. The largest absolute Gasteiger partial charge is 0.573 e. The summed E-state index contributed by atoms with van der Waals surface area (Å²) >= 11 is 5.95. The number of non-ortho nitro benzene ring substituents is 4. The Labute approximate surface area is 574 Å². The summed E-state index contributed by atoms with van der Waals surface area (Å²) in [6.07, 6.45) is -12.2. The number of nitro groups is 4. The summed E-state index contributed by atoms with van der Waals surface area (Å²) in [7, 11) is 0. The number of hydrogen-bond acceptors (Lipinski definition) is 22. The molecule has 0 fully saturated rings. The Bertz CT molecular complexity index is 4060. The van der Waals surface area contributed by atoms with Gasteiger partial charge in [0.05, 0.1) is 43.0 Å². The zero-order valence-corrected chi connectivity index (χ0v) is 53.5. The topological polar surface area (TPSA) is 381 Å². The molecule has 37 heteroatoms. The molecule has 1 heterocycles. The number of carbonyl (C=O) groups is 1. The van der Waals surface area contributed by atoms with Gasteiger partial charge in [0.1, 0.15) is 29.4 Å². The Hall–Kier alpha value is -12.2. The fourth-order valence-corrected chi connectivity index (χ4v) is 7.00. The third-order valence-electron chi connectivity index (χ3n) is 11.2. The average Bonchev–Trinajstić information content (AvgIpc) is 1.65. The SMILES string of the molecule is C.CC(C)O.CCN.Cc1ccc(-n2nc(-c3ccc([N+](=O)[O-])cc3)nc2C)cc1.NNc1ccc(OC(F)(F)F)cc1.O=Cc1ccc([N+](=O)[O-])cc1.O=[N+]([O-])c1ccc(/C(Cl)=N/Nc2ccc(OC(F)(F)F)cc2)cc1.O=[N+]([O-])c1ccc(/C=N/Nc2ccc(OC(F)(F)F)cc2)cc1. The second kappa shape index (κ2) is 41.8. The number of aliphatic hydroxyl groups excluding tert-OH is 1. The summed E-state index contributed by atoms with van der Waals surface area (Å²) in [5.74, 6) is 5.36. The van der Waals surface area contributed by atoms with Gasteiger partial charge in [-0.1, -0.05) is 43.6 Å². The van der Waals surface area contributed by atoms with Crippen molar-refractivity contribution in [2.24, 2.45) is 21.8 Å². The second-order valence-electron chi connectivity index (χ2n) is 19.4. The number of nitro benzene ring substituents is 4. The third kappa shape index (κ3) is 34.1. The molecule has 8 aromatic carbocycles. The highest BCUT2D eigenvalue weighted by atomic mass is 35.5. The van der Waals surface area contributed by atoms with Crippen LogP contribution in [0, 0.1) is 54.3 Å². The van der Waals surface area contributed by atoms with E-state index >= 15 is 0 Å². The van der Waals surface area contributed by atoms with E-state index in [0.29, 0.717) is 45.9 Å². The number of nitrogens with zero attached hydrogens (tertiary/aromatic N) is 9. The van der Waals surface area contributed by atoms with Crippen LogP contribution in [0.15, 0.2) is 204 Å². The van der Waals surface area contributed by atoms with Gasteiger partial charge in [0.25, 0.3) is 22.7 Å². The lowest BCUT2D eigenvalue weighted by Crippen LogP contribution is -2.17. The highest BCUT2D eigenvalue weighted by molar-refractivity contribution is 6.69. The van der Waals surface area contributed by atoms with Gasteiger partial charge < -0.3 is 30.5 Å². The molecule has 0 atom stereocenters. The van der Waals surface area contributed by atoms with Crippen molar-refractivity contribution in [3.8, 4) is 34.3 Å². The number of aromatic nitrogens is 3. The number of ether oxygens (including phenoxy) is 3. The van der Waals surface area contributed by atoms with Gasteiger partial charge in [0.15, 0.2) is 11.0 Å². The Morgan fingerprint density at radius 1 is 0.574 bits per heavy atom. The number of halogens is 10. The molecule has 9 rings (SSSR count). The standard InChI is InChI=1S/C16H14N4O2.C14H9ClF3N3O3.C14H10F3N3O3.C7H7F3N2O.C7H5NO3.C3H8O.C2H7N.CH4/c1-11-3-7-14(8-4-11)19-12(2)17-16(18-19)13-5-9-15(10-6-13)20(21)22;15-13(9-1-5-11(6-2-9)21(22)23)20-19-10-3-7-12(8-4-10)24-14(16,17)18;15-14(16,17)23-13-7-3-11(4-8-13)19-18-9-10-1-5-12(6-2-10)20(21)22;8-7(9,10)13-6-3-1-5(12-11)2-4-6;9-5-6-1-3-7(4-2-6)8(10)11;1-3(2)4;1-2-3;/h3-10H,1-2H3;1-8,19H;1-9,19H;1-4,12H,11H2;1-5H;3-4H,1-2H3;2-3H2,1H3;1H4/b;20-13-;18-9+;;;;;. The van der Waals surface area contributed by atoms with Gasteiger partial charge in [-0.2, -0.15) is 10.2 Å².